The molecule has 1 atom stereocenters. The van der Waals surface area contributed by atoms with E-state index in [-0.39, 0.29) is 5.82 Å². The highest BCUT2D eigenvalue weighted by Gasteiger charge is 2.09. The van der Waals surface area contributed by atoms with Gasteiger partial charge >= 0.3 is 0 Å². The van der Waals surface area contributed by atoms with Crippen LogP contribution < -0.4 is 9.64 Å². The van der Waals surface area contributed by atoms with Crippen LogP contribution in [0.2, 0.25) is 0 Å². The molecule has 2 rings (SSSR count). The maximum atomic E-state index is 12.8. The van der Waals surface area contributed by atoms with Gasteiger partial charge in [-0.1, -0.05) is 12.1 Å². The van der Waals surface area contributed by atoms with Crippen LogP contribution in [0.1, 0.15) is 18.1 Å². The number of rotatable bonds is 6. The molecule has 112 valence electrons. The Morgan fingerprint density at radius 2 is 1.71 bits per heavy atom. The molecule has 0 heterocycles. The zero-order chi connectivity index (χ0) is 15.2. The third kappa shape index (κ3) is 4.20. The quantitative estimate of drug-likeness (QED) is 0.884. The fraction of sp³-hybridized carbons (Fsp3) is 0.294. The number of methoxy groups -OCH3 is 1. The molecule has 0 aliphatic rings. The van der Waals surface area contributed by atoms with Gasteiger partial charge in [-0.15, -0.1) is 0 Å². The van der Waals surface area contributed by atoms with E-state index in [2.05, 4.69) is 4.90 Å². The van der Waals surface area contributed by atoms with Gasteiger partial charge in [0.15, 0.2) is 0 Å². The third-order valence-electron chi connectivity index (χ3n) is 3.51. The highest BCUT2D eigenvalue weighted by molar-refractivity contribution is 5.48. The number of ether oxygens (including phenoxy) is 1. The van der Waals surface area contributed by atoms with Crippen LogP contribution in [-0.2, 0) is 0 Å². The molecule has 1 unspecified atom stereocenters. The fourth-order valence-electron chi connectivity index (χ4n) is 2.13. The minimum Gasteiger partial charge on any atom is -0.497 e. The van der Waals surface area contributed by atoms with Crippen LogP contribution in [-0.4, -0.2) is 25.8 Å². The second kappa shape index (κ2) is 7.09. The van der Waals surface area contributed by atoms with E-state index in [9.17, 15) is 9.50 Å². The first-order chi connectivity index (χ1) is 10.1. The lowest BCUT2D eigenvalue weighted by atomic mass is 10.1. The summed E-state index contributed by atoms with van der Waals surface area (Å²) in [4.78, 5) is 2.06. The predicted octanol–water partition coefficient (Wildman–Crippen LogP) is 3.39. The number of halogens is 1. The van der Waals surface area contributed by atoms with Gasteiger partial charge in [0.2, 0.25) is 0 Å². The van der Waals surface area contributed by atoms with Crippen LogP contribution in [0, 0.1) is 5.82 Å². The number of benzene rings is 2. The molecule has 0 fully saturated rings. The molecule has 0 saturated carbocycles. The summed E-state index contributed by atoms with van der Waals surface area (Å²) in [5.74, 6) is 0.528. The van der Waals surface area contributed by atoms with Crippen LogP contribution in [0.15, 0.2) is 48.5 Å². The Morgan fingerprint density at radius 3 is 2.29 bits per heavy atom. The van der Waals surface area contributed by atoms with Crippen molar-refractivity contribution in [1.82, 2.24) is 0 Å². The predicted molar refractivity (Wildman–Crippen MR) is 82.2 cm³/mol. The van der Waals surface area contributed by atoms with Gasteiger partial charge in [0, 0.05) is 19.3 Å². The highest BCUT2D eigenvalue weighted by atomic mass is 19.1. The monoisotopic (exact) mass is 289 g/mol. The first kappa shape index (κ1) is 15.3. The molecular formula is C17H20FNO2. The van der Waals surface area contributed by atoms with Crippen molar-refractivity contribution in [2.45, 2.75) is 12.5 Å². The Labute approximate surface area is 124 Å². The maximum Gasteiger partial charge on any atom is 0.123 e. The lowest BCUT2D eigenvalue weighted by Gasteiger charge is -2.21. The SMILES string of the molecule is COc1ccc(N(C)CCC(O)c2ccc(F)cc2)cc1. The van der Waals surface area contributed by atoms with Crippen LogP contribution >= 0.6 is 0 Å². The molecule has 0 radical (unpaired) electrons. The second-order valence-corrected chi connectivity index (χ2v) is 4.98. The Hall–Kier alpha value is -2.07. The summed E-state index contributed by atoms with van der Waals surface area (Å²) in [6, 6.07) is 13.7. The minimum absolute atomic E-state index is 0.290. The van der Waals surface area contributed by atoms with E-state index in [1.807, 2.05) is 31.3 Å². The first-order valence-corrected chi connectivity index (χ1v) is 6.89. The van der Waals surface area contributed by atoms with E-state index < -0.39 is 6.10 Å². The van der Waals surface area contributed by atoms with Gasteiger partial charge < -0.3 is 14.7 Å². The van der Waals surface area contributed by atoms with Gasteiger partial charge in [-0.2, -0.15) is 0 Å². The summed E-state index contributed by atoms with van der Waals surface area (Å²) in [6.45, 7) is 0.699. The van der Waals surface area contributed by atoms with Crippen molar-refractivity contribution in [3.05, 3.63) is 59.9 Å². The van der Waals surface area contributed by atoms with E-state index in [1.165, 1.54) is 12.1 Å². The molecule has 0 amide bonds. The van der Waals surface area contributed by atoms with Crippen LogP contribution in [0.4, 0.5) is 10.1 Å². The largest absolute Gasteiger partial charge is 0.497 e. The van der Waals surface area contributed by atoms with Crippen molar-refractivity contribution in [3.63, 3.8) is 0 Å². The zero-order valence-electron chi connectivity index (χ0n) is 12.3. The van der Waals surface area contributed by atoms with Crippen LogP contribution in [0.3, 0.4) is 0 Å². The smallest absolute Gasteiger partial charge is 0.123 e. The van der Waals surface area contributed by atoms with Gasteiger partial charge in [-0.25, -0.2) is 4.39 Å². The van der Waals surface area contributed by atoms with E-state index in [4.69, 9.17) is 4.74 Å². The summed E-state index contributed by atoms with van der Waals surface area (Å²) >= 11 is 0. The molecule has 2 aromatic carbocycles. The molecule has 3 nitrogen and oxygen atoms in total. The first-order valence-electron chi connectivity index (χ1n) is 6.89. The molecule has 0 bridgehead atoms. The molecule has 0 saturated heterocycles. The van der Waals surface area contributed by atoms with Crippen molar-refractivity contribution in [2.75, 3.05) is 25.6 Å². The van der Waals surface area contributed by atoms with Crippen molar-refractivity contribution in [1.29, 1.82) is 0 Å². The lowest BCUT2D eigenvalue weighted by molar-refractivity contribution is 0.169. The topological polar surface area (TPSA) is 32.7 Å². The molecule has 0 aliphatic heterocycles. The molecule has 21 heavy (non-hydrogen) atoms. The van der Waals surface area contributed by atoms with Crippen molar-refractivity contribution in [3.8, 4) is 5.75 Å². The lowest BCUT2D eigenvalue weighted by Crippen LogP contribution is -2.20. The van der Waals surface area contributed by atoms with E-state index in [0.29, 0.717) is 13.0 Å². The Balaban J connectivity index is 1.90. The van der Waals surface area contributed by atoms with Gasteiger partial charge in [0.05, 0.1) is 13.2 Å². The molecule has 2 aromatic rings. The molecular weight excluding hydrogens is 269 g/mol. The summed E-state index contributed by atoms with van der Waals surface area (Å²) < 4.78 is 18.0. The van der Waals surface area contributed by atoms with Gasteiger partial charge in [0.25, 0.3) is 0 Å². The van der Waals surface area contributed by atoms with Crippen LogP contribution in [0.5, 0.6) is 5.75 Å². The van der Waals surface area contributed by atoms with E-state index in [0.717, 1.165) is 17.0 Å². The normalized spacial score (nSPS) is 12.0. The van der Waals surface area contributed by atoms with Crippen molar-refractivity contribution in [2.24, 2.45) is 0 Å². The number of anilines is 1. The third-order valence-corrected chi connectivity index (χ3v) is 3.51. The molecule has 4 heteroatoms. The summed E-state index contributed by atoms with van der Waals surface area (Å²) in [5, 5.41) is 10.1. The molecule has 1 N–H and O–H groups in total. The zero-order valence-corrected chi connectivity index (χ0v) is 12.3. The number of aliphatic hydroxyl groups excluding tert-OH is 1. The number of nitrogens with zero attached hydrogens (tertiary/aromatic N) is 1. The summed E-state index contributed by atoms with van der Waals surface area (Å²) in [6.07, 6.45) is -0.0138. The average Bonchev–Trinajstić information content (AvgIpc) is 2.53. The summed E-state index contributed by atoms with van der Waals surface area (Å²) in [7, 11) is 3.61. The van der Waals surface area contributed by atoms with Gasteiger partial charge in [0.1, 0.15) is 11.6 Å². The van der Waals surface area contributed by atoms with Gasteiger partial charge in [-0.05, 0) is 48.4 Å². The Kier molecular flexibility index (Phi) is 5.17. The number of hydrogen-bond donors (Lipinski definition) is 1. The maximum absolute atomic E-state index is 12.8. The summed E-state index contributed by atoms with van der Waals surface area (Å²) in [5.41, 5.74) is 1.79. The standard InChI is InChI=1S/C17H20FNO2/c1-19(15-7-9-16(21-2)10-8-15)12-11-17(20)13-3-5-14(18)6-4-13/h3-10,17,20H,11-12H2,1-2H3. The van der Waals surface area contributed by atoms with E-state index in [1.54, 1.807) is 19.2 Å². The second-order valence-electron chi connectivity index (χ2n) is 4.98. The van der Waals surface area contributed by atoms with E-state index >= 15 is 0 Å². The van der Waals surface area contributed by atoms with Crippen molar-refractivity contribution < 1.29 is 14.2 Å². The Bertz CT molecular complexity index is 554. The van der Waals surface area contributed by atoms with Crippen molar-refractivity contribution >= 4 is 5.69 Å². The average molecular weight is 289 g/mol. The molecule has 0 aromatic heterocycles. The van der Waals surface area contributed by atoms with Crippen LogP contribution in [0.25, 0.3) is 0 Å². The minimum atomic E-state index is -0.591. The number of aliphatic hydroxyl groups is 1. The van der Waals surface area contributed by atoms with Gasteiger partial charge in [-0.3, -0.25) is 0 Å². The fourth-order valence-corrected chi connectivity index (χ4v) is 2.13. The molecule has 0 spiro atoms. The number of hydrogen-bond acceptors (Lipinski definition) is 3. The Morgan fingerprint density at radius 1 is 1.10 bits per heavy atom. The highest BCUT2D eigenvalue weighted by Crippen LogP contribution is 2.21. The molecule has 0 aliphatic carbocycles.